The molecular formula is C26H30N4O2. The van der Waals surface area contributed by atoms with E-state index in [-0.39, 0.29) is 11.5 Å². The fraction of sp³-hybridized carbons (Fsp3) is 0.346. The Kier molecular flexibility index (Phi) is 6.51. The van der Waals surface area contributed by atoms with Crippen LogP contribution >= 0.6 is 0 Å². The maximum atomic E-state index is 13.4. The fourth-order valence-electron chi connectivity index (χ4n) is 4.16. The molecular weight excluding hydrogens is 400 g/mol. The van der Waals surface area contributed by atoms with Gasteiger partial charge in [-0.3, -0.25) is 14.5 Å². The Hall–Kier alpha value is -3.25. The number of hydrogen-bond acceptors (Lipinski definition) is 4. The summed E-state index contributed by atoms with van der Waals surface area (Å²) in [7, 11) is 0. The summed E-state index contributed by atoms with van der Waals surface area (Å²) in [5.74, 6) is -0.0694. The second-order valence-electron chi connectivity index (χ2n) is 8.76. The lowest BCUT2D eigenvalue weighted by atomic mass is 10.0. The molecule has 3 aromatic rings. The minimum absolute atomic E-state index is 0.0694. The fourth-order valence-corrected chi connectivity index (χ4v) is 4.16. The molecule has 0 unspecified atom stereocenters. The van der Waals surface area contributed by atoms with Crippen LogP contribution in [-0.2, 0) is 16.8 Å². The van der Waals surface area contributed by atoms with Crippen LogP contribution in [0.25, 0.3) is 11.3 Å². The largest absolute Gasteiger partial charge is 0.338 e. The van der Waals surface area contributed by atoms with Crippen LogP contribution in [0.2, 0.25) is 0 Å². The molecule has 0 saturated carbocycles. The average molecular weight is 431 g/mol. The first-order chi connectivity index (χ1) is 15.4. The van der Waals surface area contributed by atoms with E-state index in [1.807, 2.05) is 41.3 Å². The highest BCUT2D eigenvalue weighted by atomic mass is 16.2. The molecule has 2 aromatic carbocycles. The topological polar surface area (TPSA) is 58.4 Å². The first-order valence-electron chi connectivity index (χ1n) is 11.2. The lowest BCUT2D eigenvalue weighted by Crippen LogP contribution is -2.56. The van der Waals surface area contributed by atoms with Crippen molar-refractivity contribution in [1.82, 2.24) is 19.6 Å². The number of aromatic nitrogens is 2. The van der Waals surface area contributed by atoms with Crippen LogP contribution in [0.3, 0.4) is 0 Å². The summed E-state index contributed by atoms with van der Waals surface area (Å²) in [6, 6.07) is 23.4. The summed E-state index contributed by atoms with van der Waals surface area (Å²) in [6.07, 6.45) is 1.01. The summed E-state index contributed by atoms with van der Waals surface area (Å²) in [5.41, 5.74) is 1.59. The molecule has 1 aliphatic heterocycles. The molecule has 32 heavy (non-hydrogen) atoms. The van der Waals surface area contributed by atoms with Gasteiger partial charge in [-0.25, -0.2) is 4.68 Å². The number of nitrogens with zero attached hydrogens (tertiary/aromatic N) is 4. The zero-order valence-corrected chi connectivity index (χ0v) is 18.8. The molecule has 6 nitrogen and oxygen atoms in total. The van der Waals surface area contributed by atoms with Crippen LogP contribution in [0.5, 0.6) is 0 Å². The van der Waals surface area contributed by atoms with Gasteiger partial charge < -0.3 is 4.90 Å². The quantitative estimate of drug-likeness (QED) is 0.603. The molecule has 0 atom stereocenters. The molecule has 0 bridgehead atoms. The van der Waals surface area contributed by atoms with Crippen LogP contribution in [0, 0.1) is 0 Å². The Balaban J connectivity index is 1.42. The van der Waals surface area contributed by atoms with Gasteiger partial charge in [0.15, 0.2) is 0 Å². The number of carbonyl (C=O) groups is 1. The van der Waals surface area contributed by atoms with E-state index >= 15 is 0 Å². The minimum atomic E-state index is -1.06. The maximum absolute atomic E-state index is 13.4. The van der Waals surface area contributed by atoms with Gasteiger partial charge in [-0.15, -0.1) is 0 Å². The summed E-state index contributed by atoms with van der Waals surface area (Å²) in [5, 5.41) is 4.55. The minimum Gasteiger partial charge on any atom is -0.338 e. The van der Waals surface area contributed by atoms with Gasteiger partial charge in [0.25, 0.3) is 5.56 Å². The van der Waals surface area contributed by atoms with E-state index in [1.54, 1.807) is 19.9 Å². The van der Waals surface area contributed by atoms with Gasteiger partial charge >= 0.3 is 0 Å². The molecule has 0 aliphatic carbocycles. The van der Waals surface area contributed by atoms with E-state index in [2.05, 4.69) is 34.3 Å². The highest BCUT2D eigenvalue weighted by molar-refractivity contribution is 5.83. The van der Waals surface area contributed by atoms with Crippen LogP contribution in [0.1, 0.15) is 19.4 Å². The van der Waals surface area contributed by atoms with Crippen molar-refractivity contribution in [2.75, 3.05) is 32.7 Å². The lowest BCUT2D eigenvalue weighted by molar-refractivity contribution is -0.141. The highest BCUT2D eigenvalue weighted by Crippen LogP contribution is 2.20. The van der Waals surface area contributed by atoms with Gasteiger partial charge in [-0.2, -0.15) is 5.10 Å². The van der Waals surface area contributed by atoms with Gasteiger partial charge in [-0.05, 0) is 31.9 Å². The first-order valence-corrected chi connectivity index (χ1v) is 11.2. The third-order valence-electron chi connectivity index (χ3n) is 6.14. The summed E-state index contributed by atoms with van der Waals surface area (Å²) in [6.45, 7) is 7.52. The zero-order valence-electron chi connectivity index (χ0n) is 18.8. The van der Waals surface area contributed by atoms with Crippen molar-refractivity contribution in [3.05, 3.63) is 88.7 Å². The van der Waals surface area contributed by atoms with Crippen LogP contribution in [0.4, 0.5) is 0 Å². The van der Waals surface area contributed by atoms with Gasteiger partial charge in [0.1, 0.15) is 5.54 Å². The Bertz CT molecular complexity index is 1100. The van der Waals surface area contributed by atoms with E-state index in [0.29, 0.717) is 18.8 Å². The Labute approximate surface area is 189 Å². The van der Waals surface area contributed by atoms with E-state index < -0.39 is 5.54 Å². The third-order valence-corrected chi connectivity index (χ3v) is 6.14. The molecule has 1 saturated heterocycles. The average Bonchev–Trinajstić information content (AvgIpc) is 2.84. The predicted molar refractivity (Wildman–Crippen MR) is 126 cm³/mol. The molecule has 1 amide bonds. The summed E-state index contributed by atoms with van der Waals surface area (Å²) in [4.78, 5) is 30.3. The monoisotopic (exact) mass is 430 g/mol. The van der Waals surface area contributed by atoms with Gasteiger partial charge in [0.2, 0.25) is 5.91 Å². The molecule has 4 rings (SSSR count). The number of carbonyl (C=O) groups excluding carboxylic acids is 1. The first kappa shape index (κ1) is 22.0. The second kappa shape index (κ2) is 9.49. The van der Waals surface area contributed by atoms with Crippen molar-refractivity contribution in [2.45, 2.75) is 25.8 Å². The third kappa shape index (κ3) is 4.81. The van der Waals surface area contributed by atoms with Gasteiger partial charge in [-0.1, -0.05) is 60.7 Å². The Morgan fingerprint density at radius 3 is 2.16 bits per heavy atom. The second-order valence-corrected chi connectivity index (χ2v) is 8.76. The molecule has 1 aliphatic rings. The van der Waals surface area contributed by atoms with E-state index in [9.17, 15) is 9.59 Å². The van der Waals surface area contributed by atoms with Gasteiger partial charge in [0, 0.05) is 44.4 Å². The van der Waals surface area contributed by atoms with Crippen LogP contribution in [0.15, 0.2) is 77.6 Å². The molecule has 1 fully saturated rings. The standard InChI is InChI=1S/C26H30N4O2/c1-26(2,30-24(31)14-13-23(27-30)22-11-7-4-8-12-22)25(32)29-19-17-28(18-20-29)16-15-21-9-5-3-6-10-21/h3-14H,15-20H2,1-2H3. The molecule has 1 aromatic heterocycles. The van der Waals surface area contributed by atoms with Gasteiger partial charge in [0.05, 0.1) is 5.69 Å². The van der Waals surface area contributed by atoms with Crippen molar-refractivity contribution < 1.29 is 4.79 Å². The molecule has 6 heteroatoms. The molecule has 2 heterocycles. The normalized spacial score (nSPS) is 15.0. The SMILES string of the molecule is CC(C)(C(=O)N1CCN(CCc2ccccc2)CC1)n1nc(-c2ccccc2)ccc1=O. The number of hydrogen-bond donors (Lipinski definition) is 0. The number of piperazine rings is 1. The zero-order chi connectivity index (χ0) is 22.6. The van der Waals surface area contributed by atoms with E-state index in [1.165, 1.54) is 16.3 Å². The molecule has 0 spiro atoms. The number of benzene rings is 2. The Morgan fingerprint density at radius 2 is 1.50 bits per heavy atom. The van der Waals surface area contributed by atoms with Crippen molar-refractivity contribution >= 4 is 5.91 Å². The highest BCUT2D eigenvalue weighted by Gasteiger charge is 2.37. The smallest absolute Gasteiger partial charge is 0.267 e. The summed E-state index contributed by atoms with van der Waals surface area (Å²) >= 11 is 0. The Morgan fingerprint density at radius 1 is 0.875 bits per heavy atom. The molecule has 0 radical (unpaired) electrons. The van der Waals surface area contributed by atoms with Crippen LogP contribution < -0.4 is 5.56 Å². The molecule has 166 valence electrons. The summed E-state index contributed by atoms with van der Waals surface area (Å²) < 4.78 is 1.33. The van der Waals surface area contributed by atoms with Crippen molar-refractivity contribution in [3.63, 3.8) is 0 Å². The maximum Gasteiger partial charge on any atom is 0.267 e. The van der Waals surface area contributed by atoms with Crippen molar-refractivity contribution in [1.29, 1.82) is 0 Å². The van der Waals surface area contributed by atoms with Crippen molar-refractivity contribution in [2.24, 2.45) is 0 Å². The van der Waals surface area contributed by atoms with E-state index in [0.717, 1.165) is 31.6 Å². The van der Waals surface area contributed by atoms with E-state index in [4.69, 9.17) is 0 Å². The number of rotatable bonds is 6. The van der Waals surface area contributed by atoms with Crippen LogP contribution in [-0.4, -0.2) is 58.2 Å². The lowest BCUT2D eigenvalue weighted by Gasteiger charge is -2.38. The predicted octanol–water partition coefficient (Wildman–Crippen LogP) is 3.03. The number of amides is 1. The van der Waals surface area contributed by atoms with Crippen molar-refractivity contribution in [3.8, 4) is 11.3 Å². The molecule has 0 N–H and O–H groups in total.